The molecule has 32 heavy (non-hydrogen) atoms. The van der Waals surface area contributed by atoms with Gasteiger partial charge in [0.15, 0.2) is 5.13 Å². The molecule has 10 nitrogen and oxygen atoms in total. The van der Waals surface area contributed by atoms with Gasteiger partial charge < -0.3 is 19.6 Å². The number of aromatic carboxylic acids is 1. The monoisotopic (exact) mass is 453 g/mol. The van der Waals surface area contributed by atoms with E-state index in [1.54, 1.807) is 13.1 Å². The first-order chi connectivity index (χ1) is 15.6. The summed E-state index contributed by atoms with van der Waals surface area (Å²) >= 11 is 1.08. The van der Waals surface area contributed by atoms with Crippen LogP contribution in [0.2, 0.25) is 0 Å². The highest BCUT2D eigenvalue weighted by Gasteiger charge is 2.29. The molecule has 0 saturated carbocycles. The van der Waals surface area contributed by atoms with Crippen LogP contribution in [-0.4, -0.2) is 63.9 Å². The zero-order valence-corrected chi connectivity index (χ0v) is 18.4. The molecule has 3 aromatic rings. The van der Waals surface area contributed by atoms with Gasteiger partial charge in [-0.2, -0.15) is 9.97 Å². The van der Waals surface area contributed by atoms with Crippen molar-refractivity contribution in [3.63, 3.8) is 0 Å². The quantitative estimate of drug-likeness (QED) is 0.576. The van der Waals surface area contributed by atoms with E-state index in [2.05, 4.69) is 31.2 Å². The average Bonchev–Trinajstić information content (AvgIpc) is 3.38. The van der Waals surface area contributed by atoms with Crippen molar-refractivity contribution < 1.29 is 14.6 Å². The van der Waals surface area contributed by atoms with Crippen LogP contribution in [0, 0.1) is 6.92 Å². The fourth-order valence-corrected chi connectivity index (χ4v) is 4.80. The second kappa shape index (κ2) is 8.67. The van der Waals surface area contributed by atoms with Gasteiger partial charge in [0.1, 0.15) is 16.5 Å². The number of carboxylic acids is 1. The molecule has 2 aliphatic rings. The lowest BCUT2D eigenvalue weighted by Crippen LogP contribution is -2.37. The fraction of sp³-hybridized carbons (Fsp3) is 0.381. The highest BCUT2D eigenvalue weighted by Crippen LogP contribution is 2.36. The molecule has 11 heteroatoms. The van der Waals surface area contributed by atoms with Gasteiger partial charge in [-0.25, -0.2) is 9.78 Å². The Bertz CT molecular complexity index is 1130. The molecular weight excluding hydrogens is 430 g/mol. The van der Waals surface area contributed by atoms with E-state index in [4.69, 9.17) is 14.7 Å². The number of hydrogen-bond donors (Lipinski definition) is 2. The predicted molar refractivity (Wildman–Crippen MR) is 121 cm³/mol. The van der Waals surface area contributed by atoms with E-state index in [0.717, 1.165) is 60.2 Å². The third-order valence-electron chi connectivity index (χ3n) is 5.51. The highest BCUT2D eigenvalue weighted by atomic mass is 32.1. The smallest absolute Gasteiger partial charge is 0.347 e. The second-order valence-electron chi connectivity index (χ2n) is 7.67. The van der Waals surface area contributed by atoms with Crippen molar-refractivity contribution in [2.45, 2.75) is 19.9 Å². The summed E-state index contributed by atoms with van der Waals surface area (Å²) in [6, 6.07) is 3.99. The number of aromatic nitrogens is 4. The minimum atomic E-state index is -0.987. The number of pyridine rings is 1. The number of morpholine rings is 1. The van der Waals surface area contributed by atoms with Gasteiger partial charge in [0, 0.05) is 44.1 Å². The first-order valence-electron chi connectivity index (χ1n) is 10.4. The lowest BCUT2D eigenvalue weighted by molar-refractivity contribution is 0.0701. The van der Waals surface area contributed by atoms with Crippen LogP contribution < -0.4 is 15.1 Å². The van der Waals surface area contributed by atoms with Gasteiger partial charge in [-0.15, -0.1) is 0 Å². The molecular formula is C21H23N7O3S. The molecule has 3 aromatic heterocycles. The SMILES string of the molecule is Cc1nc(Nc2nc(N3CCOCC3)c3c(n2)N(Cc2cccnc2)CC3)sc1C(=O)O. The summed E-state index contributed by atoms with van der Waals surface area (Å²) in [7, 11) is 0. The van der Waals surface area contributed by atoms with Gasteiger partial charge in [0.2, 0.25) is 5.95 Å². The van der Waals surface area contributed by atoms with Crippen LogP contribution in [0.4, 0.5) is 22.7 Å². The summed E-state index contributed by atoms with van der Waals surface area (Å²) in [6.45, 7) is 6.10. The molecule has 1 fully saturated rings. The molecule has 166 valence electrons. The predicted octanol–water partition coefficient (Wildman–Crippen LogP) is 2.48. The minimum Gasteiger partial charge on any atom is -0.477 e. The first kappa shape index (κ1) is 20.6. The van der Waals surface area contributed by atoms with Crippen LogP contribution >= 0.6 is 11.3 Å². The number of carboxylic acid groups (broad SMARTS) is 1. The van der Waals surface area contributed by atoms with Crippen LogP contribution in [0.15, 0.2) is 24.5 Å². The lowest BCUT2D eigenvalue weighted by atomic mass is 10.2. The van der Waals surface area contributed by atoms with Crippen LogP contribution in [0.25, 0.3) is 0 Å². The molecule has 1 saturated heterocycles. The Kier molecular flexibility index (Phi) is 5.58. The van der Waals surface area contributed by atoms with Crippen LogP contribution in [0.5, 0.6) is 0 Å². The Morgan fingerprint density at radius 3 is 2.75 bits per heavy atom. The number of carbonyl (C=O) groups is 1. The van der Waals surface area contributed by atoms with Gasteiger partial charge in [0.05, 0.1) is 18.9 Å². The van der Waals surface area contributed by atoms with Crippen molar-refractivity contribution in [2.75, 3.05) is 48.0 Å². The standard InChI is InChI=1S/C21H23N7O3S/c1-13-16(19(29)30)32-21(23-13)26-20-24-17(27-7-9-31-10-8-27)15-4-6-28(18(15)25-20)12-14-3-2-5-22-11-14/h2-3,5,11H,4,6-10,12H2,1H3,(H,29,30)(H,23,24,25,26). The van der Waals surface area contributed by atoms with E-state index in [0.29, 0.717) is 36.5 Å². The number of nitrogens with zero attached hydrogens (tertiary/aromatic N) is 6. The molecule has 0 aromatic carbocycles. The number of aryl methyl sites for hydroxylation is 1. The van der Waals surface area contributed by atoms with Gasteiger partial charge in [-0.05, 0) is 25.0 Å². The van der Waals surface area contributed by atoms with E-state index >= 15 is 0 Å². The molecule has 0 aliphatic carbocycles. The molecule has 0 unspecified atom stereocenters. The third kappa shape index (κ3) is 4.08. The van der Waals surface area contributed by atoms with Crippen molar-refractivity contribution in [1.82, 2.24) is 19.9 Å². The molecule has 0 radical (unpaired) electrons. The number of fused-ring (bicyclic) bond motifs is 1. The number of anilines is 4. The van der Waals surface area contributed by atoms with E-state index in [-0.39, 0.29) is 4.88 Å². The number of hydrogen-bond acceptors (Lipinski definition) is 10. The fourth-order valence-electron chi connectivity index (χ4n) is 4.00. The van der Waals surface area contributed by atoms with E-state index in [1.807, 2.05) is 12.3 Å². The number of rotatable bonds is 6. The molecule has 5 heterocycles. The van der Waals surface area contributed by atoms with Crippen molar-refractivity contribution in [1.29, 1.82) is 0 Å². The maximum absolute atomic E-state index is 11.4. The molecule has 0 amide bonds. The highest BCUT2D eigenvalue weighted by molar-refractivity contribution is 7.17. The Hall–Kier alpha value is -3.31. The zero-order valence-electron chi connectivity index (χ0n) is 17.6. The van der Waals surface area contributed by atoms with Gasteiger partial charge in [-0.1, -0.05) is 17.4 Å². The van der Waals surface area contributed by atoms with Crippen molar-refractivity contribution in [3.8, 4) is 0 Å². The van der Waals surface area contributed by atoms with Gasteiger partial charge in [0.25, 0.3) is 0 Å². The Morgan fingerprint density at radius 1 is 1.22 bits per heavy atom. The minimum absolute atomic E-state index is 0.209. The van der Waals surface area contributed by atoms with Crippen LogP contribution in [-0.2, 0) is 17.7 Å². The Labute approximate surface area is 188 Å². The molecule has 5 rings (SSSR count). The van der Waals surface area contributed by atoms with Crippen molar-refractivity contribution in [3.05, 3.63) is 46.2 Å². The van der Waals surface area contributed by atoms with Crippen molar-refractivity contribution >= 4 is 40.0 Å². The van der Waals surface area contributed by atoms with Gasteiger partial charge in [-0.3, -0.25) is 10.3 Å². The van der Waals surface area contributed by atoms with E-state index < -0.39 is 5.97 Å². The van der Waals surface area contributed by atoms with Crippen molar-refractivity contribution in [2.24, 2.45) is 0 Å². The topological polar surface area (TPSA) is 117 Å². The third-order valence-corrected chi connectivity index (χ3v) is 6.57. The summed E-state index contributed by atoms with van der Waals surface area (Å²) in [5.74, 6) is 1.22. The van der Waals surface area contributed by atoms with Crippen LogP contribution in [0.3, 0.4) is 0 Å². The summed E-state index contributed by atoms with van der Waals surface area (Å²) < 4.78 is 5.52. The van der Waals surface area contributed by atoms with E-state index in [1.165, 1.54) is 0 Å². The van der Waals surface area contributed by atoms with Gasteiger partial charge >= 0.3 is 5.97 Å². The lowest BCUT2D eigenvalue weighted by Gasteiger charge is -2.29. The molecule has 0 atom stereocenters. The summed E-state index contributed by atoms with van der Waals surface area (Å²) in [4.78, 5) is 34.3. The average molecular weight is 454 g/mol. The van der Waals surface area contributed by atoms with E-state index in [9.17, 15) is 9.90 Å². The second-order valence-corrected chi connectivity index (χ2v) is 8.67. The zero-order chi connectivity index (χ0) is 22.1. The Morgan fingerprint density at radius 2 is 2.03 bits per heavy atom. The summed E-state index contributed by atoms with van der Waals surface area (Å²) in [5, 5.41) is 12.9. The largest absolute Gasteiger partial charge is 0.477 e. The normalized spacial score (nSPS) is 15.7. The molecule has 0 bridgehead atoms. The molecule has 2 aliphatic heterocycles. The maximum Gasteiger partial charge on any atom is 0.347 e. The number of nitrogens with one attached hydrogen (secondary N) is 1. The molecule has 0 spiro atoms. The summed E-state index contributed by atoms with van der Waals surface area (Å²) in [6.07, 6.45) is 4.50. The maximum atomic E-state index is 11.4. The summed E-state index contributed by atoms with van der Waals surface area (Å²) in [5.41, 5.74) is 2.71. The van der Waals surface area contributed by atoms with Crippen LogP contribution in [0.1, 0.15) is 26.5 Å². The number of thiazole rings is 1. The first-order valence-corrected chi connectivity index (χ1v) is 11.3. The molecule has 2 N–H and O–H groups in total. The Balaban J connectivity index is 1.50. The number of ether oxygens (including phenoxy) is 1.